The van der Waals surface area contributed by atoms with Crippen molar-refractivity contribution < 1.29 is 33.8 Å². The van der Waals surface area contributed by atoms with Crippen molar-refractivity contribution >= 4 is 29.7 Å². The van der Waals surface area contributed by atoms with Crippen LogP contribution in [0.15, 0.2) is 42.5 Å². The molecule has 1 atom stereocenters. The summed E-state index contributed by atoms with van der Waals surface area (Å²) in [5.41, 5.74) is 0.486. The zero-order chi connectivity index (χ0) is 31.3. The topological polar surface area (TPSA) is 129 Å². The first-order valence-corrected chi connectivity index (χ1v) is 14.3. The van der Waals surface area contributed by atoms with Crippen LogP contribution in [0.4, 0.5) is 15.3 Å². The fraction of sp³-hybridized carbons (Fsp3) is 0.438. The van der Waals surface area contributed by atoms with Crippen LogP contribution >= 0.6 is 0 Å². The standard InChI is InChI=1S/C32H38N4O7/c1-6-23-17-27-26(18-25(23)28(37)36(21(2)3)24-13-10-15-34(19-24)31(40)41)35(29(38)32(4,5)43-27)16-14-33-30(39)42-20-22-11-8-7-9-12-22/h1,7-9,11-12,17-18,21,24H,10,13-16,19-20H2,2-5H3,(H,33,39)(H,40,41)/t24-/m1/s1. The van der Waals surface area contributed by atoms with E-state index < -0.39 is 17.8 Å². The lowest BCUT2D eigenvalue weighted by Crippen LogP contribution is -2.55. The highest BCUT2D eigenvalue weighted by Crippen LogP contribution is 2.40. The maximum Gasteiger partial charge on any atom is 0.407 e. The molecule has 4 amide bonds. The molecule has 2 N–H and O–H groups in total. The van der Waals surface area contributed by atoms with Gasteiger partial charge in [0.15, 0.2) is 5.60 Å². The number of nitrogens with one attached hydrogen (secondary N) is 1. The molecule has 0 spiro atoms. The van der Waals surface area contributed by atoms with E-state index in [9.17, 15) is 24.3 Å². The first kappa shape index (κ1) is 31.2. The van der Waals surface area contributed by atoms with E-state index >= 15 is 0 Å². The van der Waals surface area contributed by atoms with Gasteiger partial charge < -0.3 is 34.6 Å². The summed E-state index contributed by atoms with van der Waals surface area (Å²) in [7, 11) is 0. The molecule has 0 unspecified atom stereocenters. The molecule has 2 aromatic carbocycles. The van der Waals surface area contributed by atoms with E-state index in [-0.39, 0.29) is 55.7 Å². The number of carbonyl (C=O) groups excluding carboxylic acids is 3. The second-order valence-electron chi connectivity index (χ2n) is 11.4. The van der Waals surface area contributed by atoms with Gasteiger partial charge in [0.1, 0.15) is 12.4 Å². The van der Waals surface area contributed by atoms with E-state index in [0.717, 1.165) is 5.56 Å². The van der Waals surface area contributed by atoms with Crippen LogP contribution in [0.2, 0.25) is 0 Å². The summed E-state index contributed by atoms with van der Waals surface area (Å²) in [6, 6.07) is 11.8. The minimum atomic E-state index is -1.22. The van der Waals surface area contributed by atoms with Crippen LogP contribution in [0.5, 0.6) is 5.75 Å². The van der Waals surface area contributed by atoms with Crippen LogP contribution in [0.1, 0.15) is 62.0 Å². The number of amides is 4. The summed E-state index contributed by atoms with van der Waals surface area (Å²) in [6.45, 7) is 7.91. The Morgan fingerprint density at radius 2 is 1.95 bits per heavy atom. The van der Waals surface area contributed by atoms with Crippen molar-refractivity contribution in [1.82, 2.24) is 15.1 Å². The molecule has 0 bridgehead atoms. The molecule has 1 saturated heterocycles. The fourth-order valence-electron chi connectivity index (χ4n) is 5.49. The van der Waals surface area contributed by atoms with Gasteiger partial charge in [0.25, 0.3) is 11.8 Å². The lowest BCUT2D eigenvalue weighted by atomic mass is 9.97. The van der Waals surface area contributed by atoms with Crippen LogP contribution in [-0.4, -0.2) is 82.8 Å². The molecule has 43 heavy (non-hydrogen) atoms. The number of anilines is 1. The maximum absolute atomic E-state index is 14.1. The summed E-state index contributed by atoms with van der Waals surface area (Å²) in [4.78, 5) is 56.0. The Hall–Kier alpha value is -4.72. The van der Waals surface area contributed by atoms with E-state index in [1.807, 2.05) is 44.2 Å². The summed E-state index contributed by atoms with van der Waals surface area (Å²) < 4.78 is 11.3. The van der Waals surface area contributed by atoms with Crippen molar-refractivity contribution in [2.24, 2.45) is 0 Å². The molecule has 2 heterocycles. The number of hydrogen-bond donors (Lipinski definition) is 2. The second kappa shape index (κ2) is 13.1. The highest BCUT2D eigenvalue weighted by Gasteiger charge is 2.42. The van der Waals surface area contributed by atoms with Gasteiger partial charge in [-0.15, -0.1) is 6.42 Å². The first-order chi connectivity index (χ1) is 20.4. The molecule has 2 aliphatic rings. The first-order valence-electron chi connectivity index (χ1n) is 14.3. The largest absolute Gasteiger partial charge is 0.476 e. The molecule has 228 valence electrons. The summed E-state index contributed by atoms with van der Waals surface area (Å²) in [6.07, 6.45) is 5.48. The molecule has 0 saturated carbocycles. The van der Waals surface area contributed by atoms with Crippen molar-refractivity contribution in [3.63, 3.8) is 0 Å². The van der Waals surface area contributed by atoms with Gasteiger partial charge in [0.05, 0.1) is 17.3 Å². The summed E-state index contributed by atoms with van der Waals surface area (Å²) >= 11 is 0. The molecule has 0 radical (unpaired) electrons. The number of ether oxygens (including phenoxy) is 2. The van der Waals surface area contributed by atoms with Gasteiger partial charge in [-0.2, -0.15) is 0 Å². The number of carboxylic acid groups (broad SMARTS) is 1. The third kappa shape index (κ3) is 7.02. The van der Waals surface area contributed by atoms with E-state index in [4.69, 9.17) is 15.9 Å². The molecule has 4 rings (SSSR count). The maximum atomic E-state index is 14.1. The van der Waals surface area contributed by atoms with Gasteiger partial charge in [0.2, 0.25) is 0 Å². The predicted molar refractivity (Wildman–Crippen MR) is 160 cm³/mol. The average Bonchev–Trinajstić information content (AvgIpc) is 2.97. The van der Waals surface area contributed by atoms with Gasteiger partial charge in [0, 0.05) is 37.8 Å². The number of likely N-dealkylation sites (tertiary alicyclic amines) is 1. The molecule has 1 fully saturated rings. The van der Waals surface area contributed by atoms with E-state index in [1.54, 1.807) is 30.9 Å². The zero-order valence-electron chi connectivity index (χ0n) is 25.0. The third-order valence-electron chi connectivity index (χ3n) is 7.57. The smallest absolute Gasteiger partial charge is 0.407 e. The van der Waals surface area contributed by atoms with E-state index in [0.29, 0.717) is 36.4 Å². The van der Waals surface area contributed by atoms with Crippen molar-refractivity contribution in [1.29, 1.82) is 0 Å². The predicted octanol–water partition coefficient (Wildman–Crippen LogP) is 4.09. The number of terminal acetylenes is 1. The lowest BCUT2D eigenvalue weighted by Gasteiger charge is -2.41. The minimum Gasteiger partial charge on any atom is -0.476 e. The van der Waals surface area contributed by atoms with Crippen LogP contribution in [0, 0.1) is 12.3 Å². The Morgan fingerprint density at radius 1 is 1.23 bits per heavy atom. The number of carbonyl (C=O) groups is 4. The minimum absolute atomic E-state index is 0.0836. The van der Waals surface area contributed by atoms with Crippen LogP contribution < -0.4 is 15.0 Å². The van der Waals surface area contributed by atoms with Crippen LogP contribution in [0.25, 0.3) is 0 Å². The van der Waals surface area contributed by atoms with Crippen molar-refractivity contribution in [2.45, 2.75) is 64.8 Å². The average molecular weight is 591 g/mol. The van der Waals surface area contributed by atoms with Gasteiger partial charge >= 0.3 is 12.2 Å². The summed E-state index contributed by atoms with van der Waals surface area (Å²) in [5, 5.41) is 12.2. The van der Waals surface area contributed by atoms with Crippen molar-refractivity contribution in [3.8, 4) is 18.1 Å². The highest BCUT2D eigenvalue weighted by molar-refractivity contribution is 6.05. The van der Waals surface area contributed by atoms with Gasteiger partial charge in [-0.05, 0) is 58.2 Å². The Morgan fingerprint density at radius 3 is 2.60 bits per heavy atom. The number of rotatable bonds is 8. The normalized spacial score (nSPS) is 17.4. The Kier molecular flexibility index (Phi) is 9.49. The van der Waals surface area contributed by atoms with Crippen LogP contribution in [0.3, 0.4) is 0 Å². The molecule has 11 nitrogen and oxygen atoms in total. The van der Waals surface area contributed by atoms with Gasteiger partial charge in [-0.25, -0.2) is 9.59 Å². The molecule has 0 aliphatic carbocycles. The molecule has 11 heteroatoms. The molecular weight excluding hydrogens is 552 g/mol. The number of nitrogens with zero attached hydrogens (tertiary/aromatic N) is 3. The molecule has 0 aromatic heterocycles. The van der Waals surface area contributed by atoms with Crippen molar-refractivity contribution in [2.75, 3.05) is 31.1 Å². The van der Waals surface area contributed by atoms with Crippen LogP contribution in [-0.2, 0) is 16.1 Å². The Labute approximate surface area is 251 Å². The van der Waals surface area contributed by atoms with E-state index in [2.05, 4.69) is 11.2 Å². The monoisotopic (exact) mass is 590 g/mol. The quantitative estimate of drug-likeness (QED) is 0.443. The van der Waals surface area contributed by atoms with Gasteiger partial charge in [-0.3, -0.25) is 9.59 Å². The van der Waals surface area contributed by atoms with Crippen molar-refractivity contribution in [3.05, 3.63) is 59.2 Å². The third-order valence-corrected chi connectivity index (χ3v) is 7.57. The molecule has 2 aromatic rings. The fourth-order valence-corrected chi connectivity index (χ4v) is 5.49. The Balaban J connectivity index is 1.57. The zero-order valence-corrected chi connectivity index (χ0v) is 25.0. The van der Waals surface area contributed by atoms with Gasteiger partial charge in [-0.1, -0.05) is 36.3 Å². The number of hydrogen-bond acceptors (Lipinski definition) is 6. The highest BCUT2D eigenvalue weighted by atomic mass is 16.5. The molecular formula is C32H38N4O7. The number of piperidine rings is 1. The summed E-state index contributed by atoms with van der Waals surface area (Å²) in [5.74, 6) is 2.21. The van der Waals surface area contributed by atoms with E-state index in [1.165, 1.54) is 9.80 Å². The SMILES string of the molecule is C#Cc1cc2c(cc1C(=O)N(C(C)C)[C@@H]1CCCN(C(=O)O)C1)N(CCNC(=O)OCc1ccccc1)C(=O)C(C)(C)O2. The lowest BCUT2D eigenvalue weighted by molar-refractivity contribution is -0.132. The molecule has 2 aliphatic heterocycles. The second-order valence-corrected chi connectivity index (χ2v) is 11.4. The Bertz CT molecular complexity index is 1420. The number of alkyl carbamates (subject to hydrolysis) is 1. The number of fused-ring (bicyclic) bond motifs is 1. The number of benzene rings is 2.